The fourth-order valence-corrected chi connectivity index (χ4v) is 2.86. The molecule has 21 heavy (non-hydrogen) atoms. The van der Waals surface area contributed by atoms with Crippen LogP contribution in [0.1, 0.15) is 31.7 Å². The summed E-state index contributed by atoms with van der Waals surface area (Å²) in [5.41, 5.74) is 6.33. The molecule has 1 aromatic carbocycles. The van der Waals surface area contributed by atoms with Crippen LogP contribution in [-0.4, -0.2) is 24.9 Å². The van der Waals surface area contributed by atoms with Gasteiger partial charge >= 0.3 is 0 Å². The third kappa shape index (κ3) is 3.61. The van der Waals surface area contributed by atoms with Crippen molar-refractivity contribution < 1.29 is 9.59 Å². The molecule has 1 aliphatic rings. The molecule has 5 heteroatoms. The van der Waals surface area contributed by atoms with E-state index < -0.39 is 5.91 Å². The number of nitrogens with two attached hydrogens (primary N) is 1. The molecule has 0 bridgehead atoms. The zero-order valence-corrected chi connectivity index (χ0v) is 12.4. The van der Waals surface area contributed by atoms with E-state index in [1.54, 1.807) is 0 Å². The van der Waals surface area contributed by atoms with Crippen LogP contribution >= 0.6 is 0 Å². The summed E-state index contributed by atoms with van der Waals surface area (Å²) in [5, 5.41) is 6.30. The molecule has 4 N–H and O–H groups in total. The van der Waals surface area contributed by atoms with Gasteiger partial charge in [0.05, 0.1) is 11.8 Å². The van der Waals surface area contributed by atoms with Crippen molar-refractivity contribution in [2.75, 3.05) is 18.4 Å². The van der Waals surface area contributed by atoms with Gasteiger partial charge in [-0.3, -0.25) is 9.59 Å². The van der Waals surface area contributed by atoms with E-state index in [0.29, 0.717) is 12.2 Å². The average molecular weight is 289 g/mol. The molecule has 1 unspecified atom stereocenters. The van der Waals surface area contributed by atoms with Crippen molar-refractivity contribution in [2.24, 2.45) is 11.1 Å². The van der Waals surface area contributed by atoms with E-state index >= 15 is 0 Å². The second kappa shape index (κ2) is 6.72. The molecule has 0 aliphatic carbocycles. The lowest BCUT2D eigenvalue weighted by Gasteiger charge is -2.35. The van der Waals surface area contributed by atoms with Gasteiger partial charge in [0.15, 0.2) is 0 Å². The van der Waals surface area contributed by atoms with E-state index in [2.05, 4.69) is 10.6 Å². The highest BCUT2D eigenvalue weighted by Gasteiger charge is 2.37. The Hall–Kier alpha value is -1.88. The van der Waals surface area contributed by atoms with Gasteiger partial charge in [-0.05, 0) is 37.4 Å². The van der Waals surface area contributed by atoms with E-state index in [1.165, 1.54) is 0 Å². The van der Waals surface area contributed by atoms with Gasteiger partial charge in [-0.1, -0.05) is 25.1 Å². The number of hydrogen-bond donors (Lipinski definition) is 3. The Bertz CT molecular complexity index is 522. The van der Waals surface area contributed by atoms with Crippen molar-refractivity contribution in [1.29, 1.82) is 0 Å². The number of amides is 2. The molecule has 0 saturated carbocycles. The Morgan fingerprint density at radius 3 is 2.76 bits per heavy atom. The summed E-state index contributed by atoms with van der Waals surface area (Å²) in [5.74, 6) is -0.379. The van der Waals surface area contributed by atoms with Gasteiger partial charge < -0.3 is 16.4 Å². The lowest BCUT2D eigenvalue weighted by molar-refractivity contribution is -0.126. The van der Waals surface area contributed by atoms with Crippen LogP contribution in [0.15, 0.2) is 24.3 Å². The van der Waals surface area contributed by atoms with Crippen LogP contribution in [0.25, 0.3) is 0 Å². The van der Waals surface area contributed by atoms with Crippen LogP contribution < -0.4 is 16.4 Å². The van der Waals surface area contributed by atoms with Gasteiger partial charge in [-0.15, -0.1) is 0 Å². The van der Waals surface area contributed by atoms with E-state index in [1.807, 2.05) is 31.2 Å². The third-order valence-electron chi connectivity index (χ3n) is 4.26. The lowest BCUT2D eigenvalue weighted by Crippen LogP contribution is -2.47. The first-order valence-electron chi connectivity index (χ1n) is 7.46. The molecule has 0 radical (unpaired) electrons. The van der Waals surface area contributed by atoms with E-state index in [4.69, 9.17) is 5.73 Å². The number of benzene rings is 1. The lowest BCUT2D eigenvalue weighted by atomic mass is 9.77. The molecule has 1 aromatic rings. The van der Waals surface area contributed by atoms with Crippen LogP contribution in [0, 0.1) is 5.41 Å². The Balaban J connectivity index is 2.17. The SMILES string of the molecule is CCC1(C(=O)Nc2ccccc2CC(N)=O)CCCNC1. The number of anilines is 1. The molecule has 1 aliphatic heterocycles. The van der Waals surface area contributed by atoms with Crippen molar-refractivity contribution in [1.82, 2.24) is 5.32 Å². The maximum atomic E-state index is 12.7. The van der Waals surface area contributed by atoms with E-state index in [-0.39, 0.29) is 17.7 Å². The molecule has 1 heterocycles. The topological polar surface area (TPSA) is 84.2 Å². The quantitative estimate of drug-likeness (QED) is 0.766. The number of hydrogen-bond acceptors (Lipinski definition) is 3. The van der Waals surface area contributed by atoms with Gasteiger partial charge in [0.2, 0.25) is 11.8 Å². The molecule has 1 atom stereocenters. The van der Waals surface area contributed by atoms with Gasteiger partial charge in [0.25, 0.3) is 0 Å². The fourth-order valence-electron chi connectivity index (χ4n) is 2.86. The summed E-state index contributed by atoms with van der Waals surface area (Å²) in [6.07, 6.45) is 2.82. The summed E-state index contributed by atoms with van der Waals surface area (Å²) in [4.78, 5) is 23.8. The second-order valence-corrected chi connectivity index (χ2v) is 5.67. The maximum Gasteiger partial charge on any atom is 0.231 e. The van der Waals surface area contributed by atoms with Crippen molar-refractivity contribution in [2.45, 2.75) is 32.6 Å². The Kier molecular flexibility index (Phi) is 4.96. The van der Waals surface area contributed by atoms with Crippen molar-refractivity contribution in [3.63, 3.8) is 0 Å². The van der Waals surface area contributed by atoms with Crippen LogP contribution in [0.3, 0.4) is 0 Å². The number of carbonyl (C=O) groups is 2. The van der Waals surface area contributed by atoms with Gasteiger partial charge in [-0.2, -0.15) is 0 Å². The predicted molar refractivity (Wildman–Crippen MR) is 82.8 cm³/mol. The smallest absolute Gasteiger partial charge is 0.231 e. The standard InChI is InChI=1S/C16H23N3O2/c1-2-16(8-5-9-18-11-16)15(21)19-13-7-4-3-6-12(13)10-14(17)20/h3-4,6-7,18H,2,5,8-11H2,1H3,(H2,17,20)(H,19,21). The van der Waals surface area contributed by atoms with Crippen LogP contribution in [0.5, 0.6) is 0 Å². The van der Waals surface area contributed by atoms with E-state index in [0.717, 1.165) is 31.4 Å². The molecule has 2 amide bonds. The largest absolute Gasteiger partial charge is 0.369 e. The molecular formula is C16H23N3O2. The number of primary amides is 1. The number of piperidine rings is 1. The molecular weight excluding hydrogens is 266 g/mol. The molecule has 2 rings (SSSR count). The minimum atomic E-state index is -0.402. The summed E-state index contributed by atoms with van der Waals surface area (Å²) in [6.45, 7) is 3.71. The van der Waals surface area contributed by atoms with Crippen molar-refractivity contribution >= 4 is 17.5 Å². The summed E-state index contributed by atoms with van der Waals surface area (Å²) in [6, 6.07) is 7.32. The number of carbonyl (C=O) groups excluding carboxylic acids is 2. The first kappa shape index (κ1) is 15.5. The van der Waals surface area contributed by atoms with Crippen molar-refractivity contribution in [3.05, 3.63) is 29.8 Å². The number of para-hydroxylation sites is 1. The molecule has 0 aromatic heterocycles. The summed E-state index contributed by atoms with van der Waals surface area (Å²) < 4.78 is 0. The Labute approximate surface area is 125 Å². The predicted octanol–water partition coefficient (Wildman–Crippen LogP) is 1.43. The minimum absolute atomic E-state index is 0.0223. The normalized spacial score (nSPS) is 21.8. The Morgan fingerprint density at radius 1 is 1.38 bits per heavy atom. The van der Waals surface area contributed by atoms with E-state index in [9.17, 15) is 9.59 Å². The summed E-state index contributed by atoms with van der Waals surface area (Å²) in [7, 11) is 0. The van der Waals surface area contributed by atoms with Gasteiger partial charge in [0, 0.05) is 12.2 Å². The highest BCUT2D eigenvalue weighted by atomic mass is 16.2. The molecule has 0 spiro atoms. The fraction of sp³-hybridized carbons (Fsp3) is 0.500. The third-order valence-corrected chi connectivity index (χ3v) is 4.26. The highest BCUT2D eigenvalue weighted by molar-refractivity contribution is 5.96. The molecule has 1 fully saturated rings. The van der Waals surface area contributed by atoms with Crippen molar-refractivity contribution in [3.8, 4) is 0 Å². The maximum absolute atomic E-state index is 12.7. The number of nitrogens with one attached hydrogen (secondary N) is 2. The monoisotopic (exact) mass is 289 g/mol. The first-order valence-corrected chi connectivity index (χ1v) is 7.46. The average Bonchev–Trinajstić information content (AvgIpc) is 2.49. The molecule has 5 nitrogen and oxygen atoms in total. The Morgan fingerprint density at radius 2 is 2.14 bits per heavy atom. The summed E-state index contributed by atoms with van der Waals surface area (Å²) >= 11 is 0. The number of rotatable bonds is 5. The molecule has 114 valence electrons. The van der Waals surface area contributed by atoms with Gasteiger partial charge in [0.1, 0.15) is 0 Å². The second-order valence-electron chi connectivity index (χ2n) is 5.67. The van der Waals surface area contributed by atoms with Crippen LogP contribution in [-0.2, 0) is 16.0 Å². The minimum Gasteiger partial charge on any atom is -0.369 e. The highest BCUT2D eigenvalue weighted by Crippen LogP contribution is 2.32. The van der Waals surface area contributed by atoms with Crippen LogP contribution in [0.4, 0.5) is 5.69 Å². The van der Waals surface area contributed by atoms with Gasteiger partial charge in [-0.25, -0.2) is 0 Å². The first-order chi connectivity index (χ1) is 10.1. The zero-order chi connectivity index (χ0) is 15.3. The van der Waals surface area contributed by atoms with Crippen LogP contribution in [0.2, 0.25) is 0 Å². The zero-order valence-electron chi connectivity index (χ0n) is 12.4. The molecule has 1 saturated heterocycles.